The number of aromatic nitrogens is 2. The van der Waals surface area contributed by atoms with E-state index in [9.17, 15) is 0 Å². The topological polar surface area (TPSA) is 67.4 Å². The van der Waals surface area contributed by atoms with E-state index in [1.165, 1.54) is 22.7 Å². The summed E-state index contributed by atoms with van der Waals surface area (Å²) in [5.41, 5.74) is 7.30. The fourth-order valence-electron chi connectivity index (χ4n) is 3.95. The van der Waals surface area contributed by atoms with Crippen molar-refractivity contribution in [3.8, 4) is 0 Å². The minimum Gasteiger partial charge on any atom is -0.330 e. The molecule has 170 valence electrons. The highest BCUT2D eigenvalue weighted by Crippen LogP contribution is 2.59. The molecule has 11 heteroatoms. The number of thiophene rings is 2. The van der Waals surface area contributed by atoms with Gasteiger partial charge in [-0.3, -0.25) is 0 Å². The molecule has 0 spiro atoms. The van der Waals surface area contributed by atoms with Crippen LogP contribution in [0.1, 0.15) is 32.7 Å². The number of nitrogens with zero attached hydrogens (tertiary/aromatic N) is 4. The Morgan fingerprint density at radius 1 is 0.970 bits per heavy atom. The minimum absolute atomic E-state index is 0.00768. The van der Waals surface area contributed by atoms with Crippen molar-refractivity contribution in [2.24, 2.45) is 10.8 Å². The fourth-order valence-corrected chi connectivity index (χ4v) is 8.66. The van der Waals surface area contributed by atoms with Crippen LogP contribution >= 0.6 is 69.0 Å². The molecule has 0 fully saturated rings. The number of hydrogen-bond acceptors (Lipinski definition) is 9. The summed E-state index contributed by atoms with van der Waals surface area (Å²) in [5, 5.41) is 18.5. The number of hydrogen-bond donors (Lipinski definition) is 1. The largest absolute Gasteiger partial charge is 0.330 e. The smallest absolute Gasteiger partial charge is 0.230 e. The molecular formula is C22H19Cl2N5S4. The van der Waals surface area contributed by atoms with Crippen molar-refractivity contribution < 1.29 is 0 Å². The molecule has 5 rings (SSSR count). The van der Waals surface area contributed by atoms with Gasteiger partial charge in [-0.05, 0) is 49.7 Å². The van der Waals surface area contributed by atoms with Crippen LogP contribution < -0.4 is 10.7 Å². The molecular weight excluding hydrogens is 533 g/mol. The Morgan fingerprint density at radius 2 is 1.73 bits per heavy atom. The lowest BCUT2D eigenvalue weighted by molar-refractivity contribution is 0.457. The molecule has 0 aliphatic carbocycles. The van der Waals surface area contributed by atoms with E-state index in [2.05, 4.69) is 40.5 Å². The van der Waals surface area contributed by atoms with Crippen LogP contribution in [0.3, 0.4) is 0 Å². The van der Waals surface area contributed by atoms with Gasteiger partial charge in [0.05, 0.1) is 13.5 Å². The van der Waals surface area contributed by atoms with Crippen LogP contribution in [0.5, 0.6) is 0 Å². The van der Waals surface area contributed by atoms with Crippen molar-refractivity contribution in [3.05, 3.63) is 83.6 Å². The lowest BCUT2D eigenvalue weighted by Gasteiger charge is -2.41. The average molecular weight is 553 g/mol. The molecule has 3 aromatic heterocycles. The number of hydrazone groups is 1. The van der Waals surface area contributed by atoms with E-state index in [0.29, 0.717) is 6.54 Å². The summed E-state index contributed by atoms with van der Waals surface area (Å²) < 4.78 is 1.48. The highest BCUT2D eigenvalue weighted by Gasteiger charge is 2.54. The minimum atomic E-state index is -0.618. The molecule has 1 aliphatic rings. The first-order valence-electron chi connectivity index (χ1n) is 10.2. The summed E-state index contributed by atoms with van der Waals surface area (Å²) in [7, 11) is 0. The maximum atomic E-state index is 6.39. The van der Waals surface area contributed by atoms with Gasteiger partial charge in [-0.25, -0.2) is 5.01 Å². The van der Waals surface area contributed by atoms with Crippen LogP contribution in [-0.4, -0.2) is 21.8 Å². The molecule has 4 heterocycles. The van der Waals surface area contributed by atoms with Gasteiger partial charge in [-0.1, -0.05) is 76.6 Å². The predicted octanol–water partition coefficient (Wildman–Crippen LogP) is 7.18. The van der Waals surface area contributed by atoms with Gasteiger partial charge in [-0.2, -0.15) is 5.10 Å². The van der Waals surface area contributed by atoms with Crippen molar-refractivity contribution in [1.82, 2.24) is 10.2 Å². The first kappa shape index (κ1) is 23.3. The summed E-state index contributed by atoms with van der Waals surface area (Å²) in [6.45, 7) is 2.48. The third-order valence-electron chi connectivity index (χ3n) is 5.29. The lowest BCUT2D eigenvalue weighted by atomic mass is 9.87. The Labute approximate surface area is 218 Å². The van der Waals surface area contributed by atoms with Crippen molar-refractivity contribution in [2.45, 2.75) is 24.1 Å². The first-order chi connectivity index (χ1) is 16.0. The van der Waals surface area contributed by atoms with Gasteiger partial charge in [0.25, 0.3) is 0 Å². The quantitative estimate of drug-likeness (QED) is 0.263. The second-order valence-corrected chi connectivity index (χ2v) is 13.2. The van der Waals surface area contributed by atoms with Crippen molar-refractivity contribution in [2.75, 3.05) is 11.6 Å². The van der Waals surface area contributed by atoms with E-state index in [-0.39, 0.29) is 5.92 Å². The molecule has 33 heavy (non-hydrogen) atoms. The molecule has 2 unspecified atom stereocenters. The fraction of sp³-hybridized carbons (Fsp3) is 0.227. The highest BCUT2D eigenvalue weighted by atomic mass is 35.5. The number of anilines is 1. The summed E-state index contributed by atoms with van der Waals surface area (Å²) >= 11 is 19.0. The van der Waals surface area contributed by atoms with Crippen molar-refractivity contribution in [3.63, 3.8) is 0 Å². The van der Waals surface area contributed by atoms with Gasteiger partial charge < -0.3 is 5.73 Å². The zero-order valence-electron chi connectivity index (χ0n) is 17.4. The Kier molecular flexibility index (Phi) is 6.81. The number of nitrogens with two attached hydrogens (primary N) is 1. The maximum Gasteiger partial charge on any atom is 0.230 e. The third kappa shape index (κ3) is 4.36. The summed E-state index contributed by atoms with van der Waals surface area (Å²) in [5.74, 6) is 0.00768. The van der Waals surface area contributed by atoms with E-state index in [4.69, 9.17) is 34.0 Å². The Bertz CT molecular complexity index is 1280. The van der Waals surface area contributed by atoms with Gasteiger partial charge in [0.1, 0.15) is 14.9 Å². The number of benzene rings is 1. The van der Waals surface area contributed by atoms with Gasteiger partial charge in [-0.15, -0.1) is 32.9 Å². The molecule has 4 aromatic rings. The van der Waals surface area contributed by atoms with E-state index in [0.717, 1.165) is 45.6 Å². The molecule has 0 saturated carbocycles. The van der Waals surface area contributed by atoms with Crippen LogP contribution in [0, 0.1) is 6.92 Å². The van der Waals surface area contributed by atoms with E-state index in [1.54, 1.807) is 23.1 Å². The second-order valence-electron chi connectivity index (χ2n) is 7.36. The van der Waals surface area contributed by atoms with E-state index >= 15 is 0 Å². The Hall–Kier alpha value is -1.46. The number of rotatable bonds is 7. The highest BCUT2D eigenvalue weighted by molar-refractivity contribution is 8.15. The summed E-state index contributed by atoms with van der Waals surface area (Å²) in [6.07, 6.45) is 0.751. The van der Waals surface area contributed by atoms with Crippen LogP contribution in [-0.2, 0) is 4.87 Å². The maximum absolute atomic E-state index is 6.39. The molecule has 0 saturated heterocycles. The van der Waals surface area contributed by atoms with Crippen LogP contribution in [0.2, 0.25) is 8.67 Å². The molecule has 1 aromatic carbocycles. The van der Waals surface area contributed by atoms with Gasteiger partial charge in [0, 0.05) is 10.8 Å². The molecule has 0 bridgehead atoms. The summed E-state index contributed by atoms with van der Waals surface area (Å²) in [4.78, 5) is 1.56. The molecule has 0 amide bonds. The second kappa shape index (κ2) is 9.65. The first-order valence-corrected chi connectivity index (χ1v) is 14.2. The Balaban J connectivity index is 1.75. The molecule has 2 atom stereocenters. The van der Waals surface area contributed by atoms with Crippen molar-refractivity contribution >= 4 is 79.1 Å². The molecule has 2 N–H and O–H groups in total. The molecule has 0 radical (unpaired) electrons. The third-order valence-corrected chi connectivity index (χ3v) is 10.3. The number of aryl methyl sites for hydroxylation is 1. The van der Waals surface area contributed by atoms with Crippen molar-refractivity contribution in [1.29, 1.82) is 0 Å². The van der Waals surface area contributed by atoms with Crippen LogP contribution in [0.15, 0.2) is 59.7 Å². The van der Waals surface area contributed by atoms with Gasteiger partial charge >= 0.3 is 0 Å². The van der Waals surface area contributed by atoms with Crippen LogP contribution in [0.4, 0.5) is 5.13 Å². The van der Waals surface area contributed by atoms with E-state index < -0.39 is 4.87 Å². The number of thioether (sulfide) groups is 1. The zero-order valence-corrected chi connectivity index (χ0v) is 22.2. The summed E-state index contributed by atoms with van der Waals surface area (Å²) in [6, 6.07) is 18.4. The number of halogens is 2. The Morgan fingerprint density at radius 3 is 2.33 bits per heavy atom. The lowest BCUT2D eigenvalue weighted by Crippen LogP contribution is -2.43. The van der Waals surface area contributed by atoms with Gasteiger partial charge in [0.2, 0.25) is 5.13 Å². The van der Waals surface area contributed by atoms with Crippen LogP contribution in [0.25, 0.3) is 0 Å². The average Bonchev–Trinajstić information content (AvgIpc) is 3.60. The SMILES string of the molecule is Cc1nnc(N2N=C(c3ccc(Cl)s3)SC2(c2ccccc2)C(CCN)c2ccc(Cl)s2)s1. The zero-order chi connectivity index (χ0) is 23.0. The molecule has 1 aliphatic heterocycles. The monoisotopic (exact) mass is 551 g/mol. The standard InChI is InChI=1S/C22H19Cl2N5S4/c1-13-26-27-21(30-13)29-22(14-5-3-2-4-6-14,15(11-12-25)16-7-9-18(23)31-16)33-20(28-29)17-8-10-19(24)32-17/h2-10,15H,11-12,25H2,1H3. The van der Waals surface area contributed by atoms with Gasteiger partial charge in [0.15, 0.2) is 0 Å². The molecule has 5 nitrogen and oxygen atoms in total. The normalized spacial score (nSPS) is 19.2. The van der Waals surface area contributed by atoms with E-state index in [1.807, 2.05) is 36.2 Å². The predicted molar refractivity (Wildman–Crippen MR) is 144 cm³/mol.